The summed E-state index contributed by atoms with van der Waals surface area (Å²) in [6, 6.07) is 4.34. The Morgan fingerprint density at radius 3 is 2.43 bits per heavy atom. The topological polar surface area (TPSA) is 92.2 Å². The van der Waals surface area contributed by atoms with Crippen LogP contribution in [0.25, 0.3) is 11.0 Å². The van der Waals surface area contributed by atoms with Crippen molar-refractivity contribution in [3.8, 4) is 0 Å². The normalized spacial score (nSPS) is 13.3. The number of aromatic carboxylic acids is 1. The summed E-state index contributed by atoms with van der Waals surface area (Å²) >= 11 is 0. The first-order valence-corrected chi connectivity index (χ1v) is 6.65. The predicted molar refractivity (Wildman–Crippen MR) is 80.0 cm³/mol. The lowest BCUT2D eigenvalue weighted by atomic mass is 9.87. The molecule has 0 saturated carbocycles. The van der Waals surface area contributed by atoms with Crippen molar-refractivity contribution in [3.63, 3.8) is 0 Å². The standard InChI is InChI=1S/C15H18N2O4/c1-8(15(2,3)4)17-10-7-5-6-9(14(20)21)11(10)16-12(18)13(17)19/h5-8H,1-4H3,(H,16,18)(H,20,21). The Labute approximate surface area is 121 Å². The van der Waals surface area contributed by atoms with Crippen LogP contribution in [0.5, 0.6) is 0 Å². The number of H-pyrrole nitrogens is 1. The molecule has 6 nitrogen and oxygen atoms in total. The molecule has 2 aromatic rings. The highest BCUT2D eigenvalue weighted by molar-refractivity contribution is 6.00. The Kier molecular flexibility index (Phi) is 3.49. The number of benzene rings is 1. The molecule has 0 saturated heterocycles. The molecule has 0 aliphatic rings. The summed E-state index contributed by atoms with van der Waals surface area (Å²) in [4.78, 5) is 37.8. The maximum absolute atomic E-state index is 12.2. The molecule has 0 fully saturated rings. The number of carboxylic acid groups (broad SMARTS) is 1. The zero-order chi connectivity index (χ0) is 15.9. The maximum Gasteiger partial charge on any atom is 0.337 e. The van der Waals surface area contributed by atoms with E-state index < -0.39 is 17.1 Å². The maximum atomic E-state index is 12.2. The van der Waals surface area contributed by atoms with E-state index in [0.717, 1.165) is 0 Å². The van der Waals surface area contributed by atoms with Gasteiger partial charge in [-0.3, -0.25) is 14.2 Å². The Morgan fingerprint density at radius 1 is 1.29 bits per heavy atom. The van der Waals surface area contributed by atoms with Crippen LogP contribution < -0.4 is 11.1 Å². The van der Waals surface area contributed by atoms with E-state index in [4.69, 9.17) is 0 Å². The number of para-hydroxylation sites is 1. The molecule has 0 radical (unpaired) electrons. The predicted octanol–water partition coefficient (Wildman–Crippen LogP) is 2.00. The lowest BCUT2D eigenvalue weighted by Crippen LogP contribution is -2.41. The fourth-order valence-electron chi connectivity index (χ4n) is 2.21. The number of aromatic nitrogens is 2. The molecule has 0 aliphatic carbocycles. The number of hydrogen-bond donors (Lipinski definition) is 2. The minimum Gasteiger partial charge on any atom is -0.478 e. The molecule has 1 unspecified atom stereocenters. The average molecular weight is 290 g/mol. The molecule has 112 valence electrons. The quantitative estimate of drug-likeness (QED) is 0.827. The lowest BCUT2D eigenvalue weighted by molar-refractivity contribution is 0.0698. The third kappa shape index (κ3) is 2.49. The van der Waals surface area contributed by atoms with Crippen LogP contribution in [0.4, 0.5) is 0 Å². The van der Waals surface area contributed by atoms with E-state index in [1.807, 2.05) is 27.7 Å². The Bertz CT molecular complexity index is 824. The van der Waals surface area contributed by atoms with Gasteiger partial charge >= 0.3 is 17.1 Å². The minimum atomic E-state index is -1.15. The van der Waals surface area contributed by atoms with Crippen LogP contribution in [0.15, 0.2) is 27.8 Å². The van der Waals surface area contributed by atoms with Crippen molar-refractivity contribution in [1.82, 2.24) is 9.55 Å². The summed E-state index contributed by atoms with van der Waals surface area (Å²) < 4.78 is 1.38. The van der Waals surface area contributed by atoms with E-state index >= 15 is 0 Å². The summed E-state index contributed by atoms with van der Waals surface area (Å²) in [5.41, 5.74) is -1.18. The molecular weight excluding hydrogens is 272 g/mol. The zero-order valence-electron chi connectivity index (χ0n) is 12.4. The second-order valence-electron chi connectivity index (χ2n) is 6.18. The third-order valence-corrected chi connectivity index (χ3v) is 3.82. The van der Waals surface area contributed by atoms with Gasteiger partial charge in [-0.15, -0.1) is 0 Å². The van der Waals surface area contributed by atoms with E-state index in [0.29, 0.717) is 5.52 Å². The Balaban J connectivity index is 2.97. The van der Waals surface area contributed by atoms with Crippen molar-refractivity contribution >= 4 is 17.0 Å². The van der Waals surface area contributed by atoms with Gasteiger partial charge in [0.2, 0.25) is 0 Å². The summed E-state index contributed by atoms with van der Waals surface area (Å²) in [6.45, 7) is 7.71. The molecule has 1 aromatic heterocycles. The molecule has 2 N–H and O–H groups in total. The molecule has 6 heteroatoms. The number of carboxylic acids is 1. The minimum absolute atomic E-state index is 0.0283. The molecule has 1 aromatic carbocycles. The van der Waals surface area contributed by atoms with Crippen molar-refractivity contribution in [2.75, 3.05) is 0 Å². The van der Waals surface area contributed by atoms with Crippen molar-refractivity contribution < 1.29 is 9.90 Å². The number of hydrogen-bond acceptors (Lipinski definition) is 3. The summed E-state index contributed by atoms with van der Waals surface area (Å²) in [5, 5.41) is 9.22. The first-order valence-electron chi connectivity index (χ1n) is 6.65. The number of nitrogens with zero attached hydrogens (tertiary/aromatic N) is 1. The highest BCUT2D eigenvalue weighted by Crippen LogP contribution is 2.30. The Morgan fingerprint density at radius 2 is 1.90 bits per heavy atom. The van der Waals surface area contributed by atoms with Crippen LogP contribution in [0.1, 0.15) is 44.1 Å². The molecule has 1 atom stereocenters. The van der Waals surface area contributed by atoms with Gasteiger partial charge in [0.1, 0.15) is 0 Å². The second kappa shape index (κ2) is 4.87. The smallest absolute Gasteiger partial charge is 0.337 e. The van der Waals surface area contributed by atoms with E-state index in [2.05, 4.69) is 4.98 Å². The fraction of sp³-hybridized carbons (Fsp3) is 0.400. The van der Waals surface area contributed by atoms with Gasteiger partial charge in [0.25, 0.3) is 0 Å². The molecule has 21 heavy (non-hydrogen) atoms. The van der Waals surface area contributed by atoms with E-state index in [1.165, 1.54) is 10.6 Å². The monoisotopic (exact) mass is 290 g/mol. The van der Waals surface area contributed by atoms with Gasteiger partial charge in [0.05, 0.1) is 16.6 Å². The number of rotatable bonds is 2. The van der Waals surface area contributed by atoms with Gasteiger partial charge in [0, 0.05) is 6.04 Å². The highest BCUT2D eigenvalue weighted by Gasteiger charge is 2.26. The van der Waals surface area contributed by atoms with Crippen molar-refractivity contribution in [2.45, 2.75) is 33.7 Å². The van der Waals surface area contributed by atoms with Crippen LogP contribution in [0, 0.1) is 5.41 Å². The zero-order valence-corrected chi connectivity index (χ0v) is 12.4. The lowest BCUT2D eigenvalue weighted by Gasteiger charge is -2.30. The van der Waals surface area contributed by atoms with Crippen molar-refractivity contribution in [3.05, 3.63) is 44.5 Å². The van der Waals surface area contributed by atoms with E-state index in [1.54, 1.807) is 12.1 Å². The SMILES string of the molecule is CC(n1c(=O)c(=O)[nH]c2c(C(=O)O)cccc21)C(C)(C)C. The number of nitrogens with one attached hydrogen (secondary N) is 1. The molecule has 1 heterocycles. The molecular formula is C15H18N2O4. The molecule has 0 aliphatic heterocycles. The van der Waals surface area contributed by atoms with Crippen molar-refractivity contribution in [1.29, 1.82) is 0 Å². The van der Waals surface area contributed by atoms with Crippen LogP contribution in [0.3, 0.4) is 0 Å². The first-order chi connectivity index (χ1) is 9.64. The molecule has 0 amide bonds. The summed E-state index contributed by atoms with van der Waals surface area (Å²) in [7, 11) is 0. The van der Waals surface area contributed by atoms with Gasteiger partial charge in [-0.1, -0.05) is 26.8 Å². The first kappa shape index (κ1) is 15.0. The second-order valence-corrected chi connectivity index (χ2v) is 6.18. The van der Waals surface area contributed by atoms with Gasteiger partial charge in [-0.25, -0.2) is 4.79 Å². The van der Waals surface area contributed by atoms with Crippen LogP contribution in [-0.4, -0.2) is 20.6 Å². The Hall–Kier alpha value is -2.37. The van der Waals surface area contributed by atoms with Crippen LogP contribution in [0.2, 0.25) is 0 Å². The van der Waals surface area contributed by atoms with E-state index in [9.17, 15) is 19.5 Å². The molecule has 0 bridgehead atoms. The highest BCUT2D eigenvalue weighted by atomic mass is 16.4. The van der Waals surface area contributed by atoms with Crippen LogP contribution in [-0.2, 0) is 0 Å². The molecule has 2 rings (SSSR count). The van der Waals surface area contributed by atoms with Gasteiger partial charge in [0.15, 0.2) is 0 Å². The van der Waals surface area contributed by atoms with Gasteiger partial charge < -0.3 is 10.1 Å². The summed E-state index contributed by atoms with van der Waals surface area (Å²) in [5.74, 6) is -1.15. The van der Waals surface area contributed by atoms with Gasteiger partial charge in [-0.05, 0) is 24.5 Å². The number of aromatic amines is 1. The largest absolute Gasteiger partial charge is 0.478 e. The summed E-state index contributed by atoms with van der Waals surface area (Å²) in [6.07, 6.45) is 0. The molecule has 0 spiro atoms. The van der Waals surface area contributed by atoms with Crippen molar-refractivity contribution in [2.24, 2.45) is 5.41 Å². The van der Waals surface area contributed by atoms with E-state index in [-0.39, 0.29) is 22.5 Å². The van der Waals surface area contributed by atoms with Gasteiger partial charge in [-0.2, -0.15) is 0 Å². The number of fused-ring (bicyclic) bond motifs is 1. The average Bonchev–Trinajstić information content (AvgIpc) is 2.37. The fourth-order valence-corrected chi connectivity index (χ4v) is 2.21. The number of carbonyl (C=O) groups is 1. The third-order valence-electron chi connectivity index (χ3n) is 3.82. The van der Waals surface area contributed by atoms with Crippen LogP contribution >= 0.6 is 0 Å².